The summed E-state index contributed by atoms with van der Waals surface area (Å²) in [5.41, 5.74) is 4.50. The maximum absolute atomic E-state index is 13.6. The molecule has 3 N–H and O–H groups in total. The minimum absolute atomic E-state index is 0.234. The third-order valence-corrected chi connectivity index (χ3v) is 5.67. The molecule has 0 unspecified atom stereocenters. The molecule has 0 aliphatic heterocycles. The normalized spacial score (nSPS) is 10.6. The third-order valence-electron chi connectivity index (χ3n) is 5.67. The first-order valence-electron chi connectivity index (χ1n) is 11.8. The Balaban J connectivity index is 1.23. The molecule has 0 fully saturated rings. The Morgan fingerprint density at radius 1 is 1.03 bits per heavy atom. The quantitative estimate of drug-likeness (QED) is 0.288. The van der Waals surface area contributed by atoms with Gasteiger partial charge in [0.15, 0.2) is 11.5 Å². The zero-order chi connectivity index (χ0) is 27.4. The topological polar surface area (TPSA) is 158 Å². The zero-order valence-corrected chi connectivity index (χ0v) is 20.9. The predicted octanol–water partition coefficient (Wildman–Crippen LogP) is 4.02. The first-order chi connectivity index (χ1) is 18.9. The van der Waals surface area contributed by atoms with E-state index in [1.54, 1.807) is 43.5 Å². The van der Waals surface area contributed by atoms with E-state index in [1.807, 2.05) is 19.1 Å². The number of aryl methyl sites for hydroxylation is 2. The van der Waals surface area contributed by atoms with Gasteiger partial charge in [0.05, 0.1) is 11.9 Å². The highest BCUT2D eigenvalue weighted by molar-refractivity contribution is 5.92. The van der Waals surface area contributed by atoms with Gasteiger partial charge in [0, 0.05) is 53.6 Å². The van der Waals surface area contributed by atoms with Crippen LogP contribution in [0.25, 0.3) is 22.6 Å². The largest absolute Gasteiger partial charge is 0.347 e. The summed E-state index contributed by atoms with van der Waals surface area (Å²) >= 11 is 0. The van der Waals surface area contributed by atoms with Crippen LogP contribution in [0.4, 0.5) is 16.0 Å². The molecule has 0 aliphatic carbocycles. The van der Waals surface area contributed by atoms with Crippen LogP contribution in [0.2, 0.25) is 0 Å². The van der Waals surface area contributed by atoms with E-state index < -0.39 is 5.82 Å². The molecule has 1 amide bonds. The standard InChI is InChI=1S/C27H21FN10O/c1-15-7-24(35-25-9-20(10-29)37-38-25)36-26(34-15)18-4-6-23(32-13-18)27(39)33-12-17-3-5-22(31-11-17)21-8-19(28)14-30-16(21)2/h3-9,11,13-14H,12H2,1-2H3,(H,33,39)(H2,34,35,36,37,38). The monoisotopic (exact) mass is 520 g/mol. The fraction of sp³-hybridized carbons (Fsp3) is 0.111. The molecule has 5 heterocycles. The fourth-order valence-corrected chi connectivity index (χ4v) is 3.73. The second kappa shape index (κ2) is 10.8. The third kappa shape index (κ3) is 5.89. The van der Waals surface area contributed by atoms with Crippen molar-refractivity contribution in [1.29, 1.82) is 5.26 Å². The number of rotatable bonds is 7. The van der Waals surface area contributed by atoms with Crippen LogP contribution in [0, 0.1) is 31.0 Å². The van der Waals surface area contributed by atoms with E-state index in [1.165, 1.54) is 18.5 Å². The van der Waals surface area contributed by atoms with Gasteiger partial charge < -0.3 is 10.6 Å². The summed E-state index contributed by atoms with van der Waals surface area (Å²) in [6.45, 7) is 3.86. The molecule has 11 nitrogen and oxygen atoms in total. The molecule has 0 aromatic carbocycles. The Hall–Kier alpha value is -5.57. The van der Waals surface area contributed by atoms with E-state index in [2.05, 4.69) is 45.8 Å². The summed E-state index contributed by atoms with van der Waals surface area (Å²) in [5, 5.41) is 21.4. The van der Waals surface area contributed by atoms with Crippen molar-refractivity contribution >= 4 is 17.5 Å². The number of carbonyl (C=O) groups is 1. The summed E-state index contributed by atoms with van der Waals surface area (Å²) in [5.74, 6) is 0.674. The Morgan fingerprint density at radius 2 is 1.90 bits per heavy atom. The fourth-order valence-electron chi connectivity index (χ4n) is 3.73. The molecule has 12 heteroatoms. The van der Waals surface area contributed by atoms with Crippen LogP contribution in [0.3, 0.4) is 0 Å². The van der Waals surface area contributed by atoms with Crippen molar-refractivity contribution in [3.05, 3.63) is 95.2 Å². The van der Waals surface area contributed by atoms with Crippen LogP contribution in [0.15, 0.2) is 61.1 Å². The lowest BCUT2D eigenvalue weighted by Crippen LogP contribution is -2.23. The van der Waals surface area contributed by atoms with E-state index in [0.717, 1.165) is 5.56 Å². The maximum Gasteiger partial charge on any atom is 0.270 e. The van der Waals surface area contributed by atoms with Gasteiger partial charge in [-0.1, -0.05) is 6.07 Å². The van der Waals surface area contributed by atoms with Crippen molar-refractivity contribution in [3.63, 3.8) is 0 Å². The minimum Gasteiger partial charge on any atom is -0.347 e. The number of hydrogen-bond donors (Lipinski definition) is 3. The van der Waals surface area contributed by atoms with Gasteiger partial charge in [0.1, 0.15) is 29.2 Å². The maximum atomic E-state index is 13.6. The van der Waals surface area contributed by atoms with Gasteiger partial charge in [-0.25, -0.2) is 14.4 Å². The van der Waals surface area contributed by atoms with Crippen LogP contribution in [-0.4, -0.2) is 41.0 Å². The van der Waals surface area contributed by atoms with Crippen LogP contribution in [-0.2, 0) is 6.54 Å². The van der Waals surface area contributed by atoms with Gasteiger partial charge in [0.25, 0.3) is 5.91 Å². The second-order valence-electron chi connectivity index (χ2n) is 8.57. The average molecular weight is 521 g/mol. The molecule has 0 atom stereocenters. The molecule has 5 aromatic heterocycles. The van der Waals surface area contributed by atoms with Gasteiger partial charge in [-0.05, 0) is 43.7 Å². The van der Waals surface area contributed by atoms with Gasteiger partial charge in [-0.15, -0.1) is 0 Å². The van der Waals surface area contributed by atoms with Crippen molar-refractivity contribution < 1.29 is 9.18 Å². The van der Waals surface area contributed by atoms with E-state index in [9.17, 15) is 9.18 Å². The first kappa shape index (κ1) is 25.1. The summed E-state index contributed by atoms with van der Waals surface area (Å²) in [4.78, 5) is 34.3. The van der Waals surface area contributed by atoms with Crippen LogP contribution in [0.1, 0.15) is 33.1 Å². The molecule has 5 rings (SSSR count). The van der Waals surface area contributed by atoms with Crippen molar-refractivity contribution in [3.8, 4) is 28.7 Å². The number of amides is 1. The molecule has 39 heavy (non-hydrogen) atoms. The van der Waals surface area contributed by atoms with Gasteiger partial charge in [-0.3, -0.25) is 24.8 Å². The number of nitrogens with zero attached hydrogens (tertiary/aromatic N) is 7. The highest BCUT2D eigenvalue weighted by Crippen LogP contribution is 2.22. The number of halogens is 1. The Morgan fingerprint density at radius 3 is 2.62 bits per heavy atom. The molecule has 0 bridgehead atoms. The highest BCUT2D eigenvalue weighted by Gasteiger charge is 2.12. The lowest BCUT2D eigenvalue weighted by Gasteiger charge is -2.09. The second-order valence-corrected chi connectivity index (χ2v) is 8.57. The first-order valence-corrected chi connectivity index (χ1v) is 11.8. The lowest BCUT2D eigenvalue weighted by atomic mass is 10.1. The Kier molecular flexibility index (Phi) is 6.96. The number of nitrogens with one attached hydrogen (secondary N) is 3. The molecule has 0 spiro atoms. The number of hydrogen-bond acceptors (Lipinski definition) is 9. The molecule has 0 saturated heterocycles. The number of aromatic amines is 1. The number of pyridine rings is 3. The van der Waals surface area contributed by atoms with Crippen molar-refractivity contribution in [1.82, 2.24) is 40.4 Å². The molecular weight excluding hydrogens is 499 g/mol. The van der Waals surface area contributed by atoms with Gasteiger partial charge in [-0.2, -0.15) is 10.4 Å². The minimum atomic E-state index is -0.428. The van der Waals surface area contributed by atoms with Crippen LogP contribution in [0.5, 0.6) is 0 Å². The molecule has 0 aliphatic rings. The number of anilines is 2. The molecule has 5 aromatic rings. The van der Waals surface area contributed by atoms with Crippen LogP contribution < -0.4 is 10.6 Å². The number of nitriles is 1. The van der Waals surface area contributed by atoms with Crippen molar-refractivity contribution in [2.75, 3.05) is 5.32 Å². The highest BCUT2D eigenvalue weighted by atomic mass is 19.1. The molecular formula is C27H21FN10O. The number of carbonyl (C=O) groups excluding carboxylic acids is 1. The lowest BCUT2D eigenvalue weighted by molar-refractivity contribution is 0.0946. The smallest absolute Gasteiger partial charge is 0.270 e. The SMILES string of the molecule is Cc1cc(Nc2cc(C#N)n[nH]2)nc(-c2ccc(C(=O)NCc3ccc(-c4cc(F)cnc4C)nc3)nc2)n1. The Bertz CT molecular complexity index is 1690. The van der Waals surface area contributed by atoms with E-state index >= 15 is 0 Å². The predicted molar refractivity (Wildman–Crippen MR) is 140 cm³/mol. The molecule has 192 valence electrons. The summed E-state index contributed by atoms with van der Waals surface area (Å²) < 4.78 is 13.6. The van der Waals surface area contributed by atoms with Crippen LogP contribution >= 0.6 is 0 Å². The number of H-pyrrole nitrogens is 1. The zero-order valence-electron chi connectivity index (χ0n) is 20.9. The summed E-state index contributed by atoms with van der Waals surface area (Å²) in [7, 11) is 0. The molecule has 0 radical (unpaired) electrons. The van der Waals surface area contributed by atoms with Gasteiger partial charge in [0.2, 0.25) is 0 Å². The van der Waals surface area contributed by atoms with E-state index in [0.29, 0.717) is 45.7 Å². The molecule has 0 saturated carbocycles. The summed E-state index contributed by atoms with van der Waals surface area (Å²) in [6.07, 6.45) is 4.33. The van der Waals surface area contributed by atoms with E-state index in [4.69, 9.17) is 5.26 Å². The average Bonchev–Trinajstić information content (AvgIpc) is 3.40. The number of aromatic nitrogens is 7. The summed E-state index contributed by atoms with van der Waals surface area (Å²) in [6, 6.07) is 13.6. The van der Waals surface area contributed by atoms with Crippen molar-refractivity contribution in [2.45, 2.75) is 20.4 Å². The van der Waals surface area contributed by atoms with Crippen molar-refractivity contribution in [2.24, 2.45) is 0 Å². The van der Waals surface area contributed by atoms with E-state index in [-0.39, 0.29) is 23.8 Å². The van der Waals surface area contributed by atoms with Gasteiger partial charge >= 0.3 is 0 Å². The Labute approximate surface area is 222 Å².